The van der Waals surface area contributed by atoms with Gasteiger partial charge in [-0.05, 0) is 24.6 Å². The topological polar surface area (TPSA) is 58.2 Å². The summed E-state index contributed by atoms with van der Waals surface area (Å²) in [5, 5.41) is 5.87. The first-order valence-electron chi connectivity index (χ1n) is 5.01. The molecule has 2 amide bonds. The predicted molar refractivity (Wildman–Crippen MR) is 61.2 cm³/mol. The van der Waals surface area contributed by atoms with E-state index in [0.717, 1.165) is 0 Å². The van der Waals surface area contributed by atoms with E-state index in [4.69, 9.17) is 11.6 Å². The molecule has 1 aliphatic rings. The van der Waals surface area contributed by atoms with Gasteiger partial charge in [0, 0.05) is 17.1 Å². The molecule has 1 aromatic carbocycles. The van der Waals surface area contributed by atoms with Crippen molar-refractivity contribution in [2.45, 2.75) is 18.9 Å². The summed E-state index contributed by atoms with van der Waals surface area (Å²) in [7, 11) is 0. The van der Waals surface area contributed by atoms with E-state index in [1.807, 2.05) is 0 Å². The van der Waals surface area contributed by atoms with E-state index in [1.165, 1.54) is 0 Å². The van der Waals surface area contributed by atoms with Crippen LogP contribution >= 0.6 is 11.6 Å². The van der Waals surface area contributed by atoms with Gasteiger partial charge < -0.3 is 10.6 Å². The van der Waals surface area contributed by atoms with Gasteiger partial charge in [0.05, 0.1) is 0 Å². The van der Waals surface area contributed by atoms with Gasteiger partial charge in [0.25, 0.3) is 0 Å². The van der Waals surface area contributed by atoms with Crippen molar-refractivity contribution in [1.82, 2.24) is 5.32 Å². The number of benzene rings is 1. The molecule has 1 saturated heterocycles. The molecule has 1 heterocycles. The lowest BCUT2D eigenvalue weighted by Crippen LogP contribution is -2.37. The standard InChI is InChI=1S/C11H11ClN2O2/c12-7-2-1-3-8(6-7)13-11(16)9-4-5-10(15)14-9/h1-3,6,9H,4-5H2,(H,13,16)(H,14,15). The van der Waals surface area contributed by atoms with Gasteiger partial charge in [-0.25, -0.2) is 0 Å². The number of carbonyl (C=O) groups excluding carboxylic acids is 2. The zero-order valence-corrected chi connectivity index (χ0v) is 9.25. The lowest BCUT2D eigenvalue weighted by molar-refractivity contribution is -0.122. The zero-order chi connectivity index (χ0) is 11.5. The first-order chi connectivity index (χ1) is 7.65. The maximum Gasteiger partial charge on any atom is 0.246 e. The molecular weight excluding hydrogens is 228 g/mol. The molecule has 0 spiro atoms. The maximum absolute atomic E-state index is 11.7. The minimum Gasteiger partial charge on any atom is -0.344 e. The largest absolute Gasteiger partial charge is 0.344 e. The van der Waals surface area contributed by atoms with Gasteiger partial charge in [-0.2, -0.15) is 0 Å². The monoisotopic (exact) mass is 238 g/mol. The molecular formula is C11H11ClN2O2. The van der Waals surface area contributed by atoms with Crippen molar-refractivity contribution in [2.24, 2.45) is 0 Å². The van der Waals surface area contributed by atoms with Crippen molar-refractivity contribution in [2.75, 3.05) is 5.32 Å². The summed E-state index contributed by atoms with van der Waals surface area (Å²) in [5.74, 6) is -0.278. The second-order valence-electron chi connectivity index (χ2n) is 3.66. The molecule has 1 aromatic rings. The number of hydrogen-bond donors (Lipinski definition) is 2. The van der Waals surface area contributed by atoms with Gasteiger partial charge in [0.2, 0.25) is 11.8 Å². The molecule has 0 bridgehead atoms. The lowest BCUT2D eigenvalue weighted by atomic mass is 10.2. The summed E-state index contributed by atoms with van der Waals surface area (Å²) in [6, 6.07) is 6.47. The minimum atomic E-state index is -0.425. The van der Waals surface area contributed by atoms with Gasteiger partial charge >= 0.3 is 0 Å². The Labute approximate surface area is 98.0 Å². The number of anilines is 1. The molecule has 2 rings (SSSR count). The molecule has 0 aromatic heterocycles. The molecule has 16 heavy (non-hydrogen) atoms. The van der Waals surface area contributed by atoms with E-state index in [-0.39, 0.29) is 11.8 Å². The summed E-state index contributed by atoms with van der Waals surface area (Å²) in [6.45, 7) is 0. The van der Waals surface area contributed by atoms with E-state index in [1.54, 1.807) is 24.3 Å². The van der Waals surface area contributed by atoms with Crippen LogP contribution < -0.4 is 10.6 Å². The number of carbonyl (C=O) groups is 2. The van der Waals surface area contributed by atoms with Crippen LogP contribution in [0, 0.1) is 0 Å². The fourth-order valence-corrected chi connectivity index (χ4v) is 1.80. The van der Waals surface area contributed by atoms with Gasteiger partial charge in [0.15, 0.2) is 0 Å². The quantitative estimate of drug-likeness (QED) is 0.822. The maximum atomic E-state index is 11.7. The van der Waals surface area contributed by atoms with E-state index >= 15 is 0 Å². The molecule has 0 aliphatic carbocycles. The van der Waals surface area contributed by atoms with Crippen LogP contribution in [0.15, 0.2) is 24.3 Å². The lowest BCUT2D eigenvalue weighted by Gasteiger charge is -2.10. The van der Waals surface area contributed by atoms with E-state index in [9.17, 15) is 9.59 Å². The van der Waals surface area contributed by atoms with Crippen LogP contribution in [-0.4, -0.2) is 17.9 Å². The SMILES string of the molecule is O=C1CCC(C(=O)Nc2cccc(Cl)c2)N1. The molecule has 1 unspecified atom stereocenters. The summed E-state index contributed by atoms with van der Waals surface area (Å²) < 4.78 is 0. The number of hydrogen-bond acceptors (Lipinski definition) is 2. The number of halogens is 1. The summed E-state index contributed by atoms with van der Waals surface area (Å²) in [4.78, 5) is 22.7. The van der Waals surface area contributed by atoms with E-state index in [2.05, 4.69) is 10.6 Å². The van der Waals surface area contributed by atoms with Crippen LogP contribution in [0.25, 0.3) is 0 Å². The molecule has 0 saturated carbocycles. The normalized spacial score (nSPS) is 19.3. The van der Waals surface area contributed by atoms with Crippen LogP contribution in [0.3, 0.4) is 0 Å². The average molecular weight is 239 g/mol. The van der Waals surface area contributed by atoms with Crippen molar-refractivity contribution in [1.29, 1.82) is 0 Å². The molecule has 1 atom stereocenters. The van der Waals surface area contributed by atoms with Gasteiger partial charge in [-0.1, -0.05) is 17.7 Å². The Morgan fingerprint density at radius 2 is 2.31 bits per heavy atom. The number of rotatable bonds is 2. The smallest absolute Gasteiger partial charge is 0.246 e. The average Bonchev–Trinajstić information content (AvgIpc) is 2.65. The Kier molecular flexibility index (Phi) is 3.10. The van der Waals surface area contributed by atoms with Crippen LogP contribution in [0.5, 0.6) is 0 Å². The van der Waals surface area contributed by atoms with Gasteiger partial charge in [-0.3, -0.25) is 9.59 Å². The van der Waals surface area contributed by atoms with Crippen molar-refractivity contribution in [3.05, 3.63) is 29.3 Å². The summed E-state index contributed by atoms with van der Waals surface area (Å²) in [5.41, 5.74) is 0.638. The highest BCUT2D eigenvalue weighted by Gasteiger charge is 2.26. The van der Waals surface area contributed by atoms with Gasteiger partial charge in [0.1, 0.15) is 6.04 Å². The molecule has 1 fully saturated rings. The summed E-state index contributed by atoms with van der Waals surface area (Å²) >= 11 is 5.79. The fraction of sp³-hybridized carbons (Fsp3) is 0.273. The third-order valence-corrected chi connectivity index (χ3v) is 2.64. The van der Waals surface area contributed by atoms with Crippen molar-refractivity contribution >= 4 is 29.1 Å². The Bertz CT molecular complexity index is 434. The Hall–Kier alpha value is -1.55. The summed E-state index contributed by atoms with van der Waals surface area (Å²) in [6.07, 6.45) is 0.957. The third kappa shape index (κ3) is 2.52. The first kappa shape index (κ1) is 11.0. The second kappa shape index (κ2) is 4.53. The van der Waals surface area contributed by atoms with Crippen LogP contribution in [0.2, 0.25) is 5.02 Å². The molecule has 4 nitrogen and oxygen atoms in total. The first-order valence-corrected chi connectivity index (χ1v) is 5.39. The number of nitrogens with one attached hydrogen (secondary N) is 2. The van der Waals surface area contributed by atoms with Crippen molar-refractivity contribution in [3.8, 4) is 0 Å². The zero-order valence-electron chi connectivity index (χ0n) is 8.50. The minimum absolute atomic E-state index is 0.0776. The third-order valence-electron chi connectivity index (χ3n) is 2.40. The highest BCUT2D eigenvalue weighted by Crippen LogP contribution is 2.16. The molecule has 84 valence electrons. The van der Waals surface area contributed by atoms with E-state index in [0.29, 0.717) is 23.6 Å². The van der Waals surface area contributed by atoms with Crippen LogP contribution in [0.4, 0.5) is 5.69 Å². The van der Waals surface area contributed by atoms with Crippen molar-refractivity contribution in [3.63, 3.8) is 0 Å². The van der Waals surface area contributed by atoms with Crippen LogP contribution in [-0.2, 0) is 9.59 Å². The molecule has 0 radical (unpaired) electrons. The Balaban J connectivity index is 1.99. The molecule has 2 N–H and O–H groups in total. The molecule has 5 heteroatoms. The second-order valence-corrected chi connectivity index (χ2v) is 4.09. The van der Waals surface area contributed by atoms with Gasteiger partial charge in [-0.15, -0.1) is 0 Å². The highest BCUT2D eigenvalue weighted by atomic mass is 35.5. The Morgan fingerprint density at radius 1 is 1.50 bits per heavy atom. The van der Waals surface area contributed by atoms with Crippen LogP contribution in [0.1, 0.15) is 12.8 Å². The predicted octanol–water partition coefficient (Wildman–Crippen LogP) is 1.56. The highest BCUT2D eigenvalue weighted by molar-refractivity contribution is 6.30. The Morgan fingerprint density at radius 3 is 2.94 bits per heavy atom. The van der Waals surface area contributed by atoms with E-state index < -0.39 is 6.04 Å². The fourth-order valence-electron chi connectivity index (χ4n) is 1.61. The van der Waals surface area contributed by atoms with Crippen molar-refractivity contribution < 1.29 is 9.59 Å². The molecule has 1 aliphatic heterocycles. The number of amides is 2.